The molecule has 6 heteroatoms. The first-order valence-corrected chi connectivity index (χ1v) is 9.89. The van der Waals surface area contributed by atoms with E-state index in [1.165, 1.54) is 5.56 Å². The summed E-state index contributed by atoms with van der Waals surface area (Å²) in [6.07, 6.45) is 4.19. The molecule has 5 nitrogen and oxygen atoms in total. The number of hydrogen-bond acceptors (Lipinski definition) is 4. The van der Waals surface area contributed by atoms with Gasteiger partial charge in [-0.3, -0.25) is 0 Å². The van der Waals surface area contributed by atoms with Gasteiger partial charge in [-0.25, -0.2) is 13.1 Å². The number of aryl methyl sites for hydroxylation is 1. The Bertz CT molecular complexity index is 660. The predicted molar refractivity (Wildman–Crippen MR) is 91.4 cm³/mol. The summed E-state index contributed by atoms with van der Waals surface area (Å²) >= 11 is 0. The van der Waals surface area contributed by atoms with E-state index in [1.807, 2.05) is 26.1 Å². The summed E-state index contributed by atoms with van der Waals surface area (Å²) in [6.45, 7) is 4.23. The number of nitrogens with one attached hydrogen (secondary N) is 1. The minimum atomic E-state index is -3.45. The van der Waals surface area contributed by atoms with Crippen LogP contribution in [0.1, 0.15) is 31.7 Å². The third-order valence-electron chi connectivity index (χ3n) is 4.87. The van der Waals surface area contributed by atoms with E-state index in [0.29, 0.717) is 17.4 Å². The van der Waals surface area contributed by atoms with Crippen LogP contribution >= 0.6 is 0 Å². The molecule has 2 aliphatic rings. The van der Waals surface area contributed by atoms with Crippen molar-refractivity contribution < 1.29 is 13.2 Å². The first kappa shape index (κ1) is 16.7. The van der Waals surface area contributed by atoms with E-state index in [-0.39, 0.29) is 6.10 Å². The fourth-order valence-electron chi connectivity index (χ4n) is 3.49. The number of hydrogen-bond donors (Lipinski definition) is 1. The average molecular weight is 338 g/mol. The lowest BCUT2D eigenvalue weighted by Gasteiger charge is -2.28. The van der Waals surface area contributed by atoms with Gasteiger partial charge in [0.15, 0.2) is 0 Å². The van der Waals surface area contributed by atoms with Crippen LogP contribution in [0, 0.1) is 5.92 Å². The molecule has 3 rings (SSSR count). The Balaban J connectivity index is 1.71. The Labute approximate surface area is 139 Å². The van der Waals surface area contributed by atoms with Crippen molar-refractivity contribution in [3.05, 3.63) is 23.8 Å². The number of rotatable bonds is 4. The number of fused-ring (bicyclic) bond motifs is 1. The molecular weight excluding hydrogens is 312 g/mol. The van der Waals surface area contributed by atoms with Crippen molar-refractivity contribution in [2.24, 2.45) is 5.92 Å². The molecule has 0 amide bonds. The fourth-order valence-corrected chi connectivity index (χ4v) is 4.63. The van der Waals surface area contributed by atoms with E-state index in [2.05, 4.69) is 9.62 Å². The molecule has 1 aromatic carbocycles. The summed E-state index contributed by atoms with van der Waals surface area (Å²) in [7, 11) is -1.43. The van der Waals surface area contributed by atoms with Crippen LogP contribution in [0.5, 0.6) is 0 Å². The Morgan fingerprint density at radius 1 is 1.39 bits per heavy atom. The molecule has 1 saturated heterocycles. The van der Waals surface area contributed by atoms with Crippen LogP contribution < -0.4 is 9.62 Å². The minimum absolute atomic E-state index is 0.218. The molecule has 0 bridgehead atoms. The summed E-state index contributed by atoms with van der Waals surface area (Å²) in [5.41, 5.74) is 2.27. The number of nitrogens with zero attached hydrogens (tertiary/aromatic N) is 1. The monoisotopic (exact) mass is 338 g/mol. The van der Waals surface area contributed by atoms with Gasteiger partial charge in [-0.15, -0.1) is 0 Å². The van der Waals surface area contributed by atoms with Gasteiger partial charge in [0.2, 0.25) is 10.0 Å². The fraction of sp³-hybridized carbons (Fsp3) is 0.647. The Kier molecular flexibility index (Phi) is 4.94. The molecule has 1 N–H and O–H groups in total. The summed E-state index contributed by atoms with van der Waals surface area (Å²) in [4.78, 5) is 2.50. The third-order valence-corrected chi connectivity index (χ3v) is 6.29. The van der Waals surface area contributed by atoms with Crippen LogP contribution in [-0.2, 0) is 21.2 Å². The van der Waals surface area contributed by atoms with Crippen LogP contribution in [0.2, 0.25) is 0 Å². The number of ether oxygens (including phenoxy) is 1. The van der Waals surface area contributed by atoms with E-state index in [1.54, 1.807) is 6.07 Å². The van der Waals surface area contributed by atoms with Gasteiger partial charge in [-0.1, -0.05) is 6.07 Å². The van der Waals surface area contributed by atoms with Gasteiger partial charge in [0.05, 0.1) is 11.0 Å². The second-order valence-corrected chi connectivity index (χ2v) is 8.51. The quantitative estimate of drug-likeness (QED) is 0.914. The molecule has 0 unspecified atom stereocenters. The zero-order valence-electron chi connectivity index (χ0n) is 13.9. The van der Waals surface area contributed by atoms with Crippen molar-refractivity contribution >= 4 is 15.7 Å². The van der Waals surface area contributed by atoms with Crippen LogP contribution in [0.4, 0.5) is 5.69 Å². The van der Waals surface area contributed by atoms with E-state index in [9.17, 15) is 8.42 Å². The number of sulfonamides is 1. The molecule has 23 heavy (non-hydrogen) atoms. The molecule has 0 spiro atoms. The summed E-state index contributed by atoms with van der Waals surface area (Å²) < 4.78 is 33.5. The molecular formula is C17H26N2O3S. The predicted octanol–water partition coefficient (Wildman–Crippen LogP) is 2.16. The SMILES string of the molecule is C[C@@H]1C[C@@H](CNS(=O)(=O)c2ccc3c(c2)N(C)CCC3)CCO1. The molecule has 128 valence electrons. The minimum Gasteiger partial charge on any atom is -0.378 e. The largest absolute Gasteiger partial charge is 0.378 e. The standard InChI is InChI=1S/C17H26N2O3S/c1-13-10-14(7-9-22-13)12-18-23(20,21)16-6-5-15-4-3-8-19(2)17(15)11-16/h5-6,11,13-14,18H,3-4,7-10,12H2,1-2H3/t13-,14+/m1/s1. The highest BCUT2D eigenvalue weighted by molar-refractivity contribution is 7.89. The Morgan fingerprint density at radius 3 is 3.00 bits per heavy atom. The van der Waals surface area contributed by atoms with Crippen molar-refractivity contribution in [1.29, 1.82) is 0 Å². The van der Waals surface area contributed by atoms with Gasteiger partial charge < -0.3 is 9.64 Å². The molecule has 2 heterocycles. The number of anilines is 1. The Morgan fingerprint density at radius 2 is 2.22 bits per heavy atom. The number of benzene rings is 1. The van der Waals surface area contributed by atoms with Gasteiger partial charge >= 0.3 is 0 Å². The zero-order valence-corrected chi connectivity index (χ0v) is 14.7. The van der Waals surface area contributed by atoms with E-state index in [0.717, 1.165) is 44.5 Å². The van der Waals surface area contributed by atoms with Crippen LogP contribution in [-0.4, -0.2) is 41.3 Å². The lowest BCUT2D eigenvalue weighted by atomic mass is 9.97. The van der Waals surface area contributed by atoms with Gasteiger partial charge in [-0.05, 0) is 56.2 Å². The van der Waals surface area contributed by atoms with E-state index in [4.69, 9.17) is 4.74 Å². The normalized spacial score (nSPS) is 25.2. The first-order valence-electron chi connectivity index (χ1n) is 8.41. The van der Waals surface area contributed by atoms with Crippen molar-refractivity contribution in [3.8, 4) is 0 Å². The van der Waals surface area contributed by atoms with Crippen LogP contribution in [0.3, 0.4) is 0 Å². The highest BCUT2D eigenvalue weighted by Gasteiger charge is 2.23. The molecule has 0 saturated carbocycles. The maximum Gasteiger partial charge on any atom is 0.240 e. The maximum absolute atomic E-state index is 12.6. The van der Waals surface area contributed by atoms with E-state index >= 15 is 0 Å². The second-order valence-electron chi connectivity index (χ2n) is 6.74. The molecule has 0 aliphatic carbocycles. The Hall–Kier alpha value is -1.11. The maximum atomic E-state index is 12.6. The lowest BCUT2D eigenvalue weighted by Crippen LogP contribution is -2.34. The third kappa shape index (κ3) is 3.87. The van der Waals surface area contributed by atoms with Crippen LogP contribution in [0.15, 0.2) is 23.1 Å². The van der Waals surface area contributed by atoms with Crippen molar-refractivity contribution in [1.82, 2.24) is 4.72 Å². The lowest BCUT2D eigenvalue weighted by molar-refractivity contribution is 0.00397. The molecule has 0 aromatic heterocycles. The van der Waals surface area contributed by atoms with Crippen LogP contribution in [0.25, 0.3) is 0 Å². The average Bonchev–Trinajstić information content (AvgIpc) is 2.53. The molecule has 1 fully saturated rings. The summed E-state index contributed by atoms with van der Waals surface area (Å²) in [6, 6.07) is 5.49. The first-order chi connectivity index (χ1) is 11.0. The topological polar surface area (TPSA) is 58.6 Å². The van der Waals surface area contributed by atoms with Gasteiger partial charge in [-0.2, -0.15) is 0 Å². The van der Waals surface area contributed by atoms with Gasteiger partial charge in [0, 0.05) is 32.4 Å². The van der Waals surface area contributed by atoms with Crippen molar-refractivity contribution in [3.63, 3.8) is 0 Å². The summed E-state index contributed by atoms with van der Waals surface area (Å²) in [5.74, 6) is 0.355. The molecule has 2 atom stereocenters. The molecule has 1 aromatic rings. The highest BCUT2D eigenvalue weighted by atomic mass is 32.2. The van der Waals surface area contributed by atoms with Crippen molar-refractivity contribution in [2.75, 3.05) is 31.6 Å². The van der Waals surface area contributed by atoms with Gasteiger partial charge in [0.1, 0.15) is 0 Å². The zero-order chi connectivity index (χ0) is 16.4. The van der Waals surface area contributed by atoms with Crippen molar-refractivity contribution in [2.45, 2.75) is 43.6 Å². The van der Waals surface area contributed by atoms with E-state index < -0.39 is 10.0 Å². The molecule has 0 radical (unpaired) electrons. The second kappa shape index (κ2) is 6.79. The summed E-state index contributed by atoms with van der Waals surface area (Å²) in [5, 5.41) is 0. The highest BCUT2D eigenvalue weighted by Crippen LogP contribution is 2.28. The molecule has 2 aliphatic heterocycles. The smallest absolute Gasteiger partial charge is 0.240 e. The van der Waals surface area contributed by atoms with Gasteiger partial charge in [0.25, 0.3) is 0 Å².